The minimum atomic E-state index is -4.42. The van der Waals surface area contributed by atoms with Crippen LogP contribution >= 0.6 is 24.0 Å². The Balaban J connectivity index is 0.00000180. The summed E-state index contributed by atoms with van der Waals surface area (Å²) in [4.78, 5) is 5.72. The molecule has 1 saturated heterocycles. The Morgan fingerprint density at radius 3 is 2.68 bits per heavy atom. The number of alkyl halides is 3. The van der Waals surface area contributed by atoms with Crippen LogP contribution in [0.4, 0.5) is 19.0 Å². The lowest BCUT2D eigenvalue weighted by Gasteiger charge is -2.25. The molecule has 1 fully saturated rings. The number of anilines is 1. The Morgan fingerprint density at radius 1 is 1.47 bits per heavy atom. The highest BCUT2D eigenvalue weighted by atomic mass is 35.5. The van der Waals surface area contributed by atoms with Gasteiger partial charge in [0.15, 0.2) is 0 Å². The fourth-order valence-corrected chi connectivity index (χ4v) is 2.43. The van der Waals surface area contributed by atoms with Crippen LogP contribution in [0.5, 0.6) is 0 Å². The molecule has 0 saturated carbocycles. The van der Waals surface area contributed by atoms with E-state index < -0.39 is 11.7 Å². The monoisotopic (exact) mass is 315 g/mol. The van der Waals surface area contributed by atoms with Crippen molar-refractivity contribution in [2.45, 2.75) is 25.1 Å². The van der Waals surface area contributed by atoms with E-state index in [9.17, 15) is 13.2 Å². The summed E-state index contributed by atoms with van der Waals surface area (Å²) < 4.78 is 37.5. The summed E-state index contributed by atoms with van der Waals surface area (Å²) in [7, 11) is 0. The molecular weight excluding hydrogens is 302 g/mol. The van der Waals surface area contributed by atoms with Crippen LogP contribution in [-0.4, -0.2) is 24.1 Å². The number of pyridine rings is 1. The highest BCUT2D eigenvalue weighted by Crippen LogP contribution is 2.35. The van der Waals surface area contributed by atoms with Gasteiger partial charge in [0.1, 0.15) is 5.82 Å². The van der Waals surface area contributed by atoms with E-state index in [4.69, 9.17) is 17.3 Å². The molecule has 108 valence electrons. The molecule has 1 aromatic rings. The van der Waals surface area contributed by atoms with Crippen molar-refractivity contribution in [3.8, 4) is 0 Å². The number of rotatable bonds is 2. The summed E-state index contributed by atoms with van der Waals surface area (Å²) in [6.07, 6.45) is -1.75. The zero-order valence-corrected chi connectivity index (χ0v) is 11.5. The summed E-state index contributed by atoms with van der Waals surface area (Å²) in [5.74, 6) is 0.387. The normalized spacial score (nSPS) is 19.4. The van der Waals surface area contributed by atoms with E-state index in [0.717, 1.165) is 31.6 Å². The molecule has 2 heterocycles. The van der Waals surface area contributed by atoms with Crippen molar-refractivity contribution >= 4 is 29.8 Å². The fourth-order valence-electron chi connectivity index (χ4n) is 2.16. The molecule has 2 rings (SSSR count). The van der Waals surface area contributed by atoms with Crippen molar-refractivity contribution in [2.75, 3.05) is 18.0 Å². The molecule has 8 heteroatoms. The number of hydrogen-bond acceptors (Lipinski definition) is 3. The summed E-state index contributed by atoms with van der Waals surface area (Å²) in [6, 6.07) is 1.02. The fraction of sp³-hybridized carbons (Fsp3) is 0.545. The number of aromatic nitrogens is 1. The van der Waals surface area contributed by atoms with Crippen LogP contribution in [-0.2, 0) is 6.18 Å². The van der Waals surface area contributed by atoms with Crippen LogP contribution in [0.3, 0.4) is 0 Å². The molecule has 1 atom stereocenters. The topological polar surface area (TPSA) is 42.1 Å². The van der Waals surface area contributed by atoms with Gasteiger partial charge in [-0.25, -0.2) is 4.98 Å². The maximum atomic E-state index is 12.5. The quantitative estimate of drug-likeness (QED) is 0.912. The highest BCUT2D eigenvalue weighted by Gasteiger charge is 2.33. The lowest BCUT2D eigenvalue weighted by Crippen LogP contribution is -2.36. The Morgan fingerprint density at radius 2 is 2.16 bits per heavy atom. The van der Waals surface area contributed by atoms with Crippen molar-refractivity contribution in [1.82, 2.24) is 4.98 Å². The second-order valence-electron chi connectivity index (χ2n) is 4.25. The minimum absolute atomic E-state index is 0. The van der Waals surface area contributed by atoms with E-state index in [1.165, 1.54) is 0 Å². The summed E-state index contributed by atoms with van der Waals surface area (Å²) >= 11 is 5.89. The van der Waals surface area contributed by atoms with E-state index in [1.54, 1.807) is 0 Å². The van der Waals surface area contributed by atoms with Gasteiger partial charge in [-0.2, -0.15) is 13.2 Å². The predicted molar refractivity (Wildman–Crippen MR) is 70.9 cm³/mol. The van der Waals surface area contributed by atoms with Crippen molar-refractivity contribution in [1.29, 1.82) is 0 Å². The minimum Gasteiger partial charge on any atom is -0.351 e. The third-order valence-corrected chi connectivity index (χ3v) is 3.35. The molecule has 19 heavy (non-hydrogen) atoms. The van der Waals surface area contributed by atoms with Gasteiger partial charge in [0.25, 0.3) is 0 Å². The van der Waals surface area contributed by atoms with Gasteiger partial charge in [-0.15, -0.1) is 12.4 Å². The highest BCUT2D eigenvalue weighted by molar-refractivity contribution is 6.33. The predicted octanol–water partition coefficient (Wildman–Crippen LogP) is 3.10. The van der Waals surface area contributed by atoms with Crippen LogP contribution in [0.2, 0.25) is 5.02 Å². The van der Waals surface area contributed by atoms with Gasteiger partial charge in [0.05, 0.1) is 10.6 Å². The maximum absolute atomic E-state index is 12.5. The van der Waals surface area contributed by atoms with Gasteiger partial charge in [0, 0.05) is 25.3 Å². The van der Waals surface area contributed by atoms with E-state index >= 15 is 0 Å². The van der Waals surface area contributed by atoms with E-state index in [-0.39, 0.29) is 23.5 Å². The summed E-state index contributed by atoms with van der Waals surface area (Å²) in [5.41, 5.74) is 4.78. The summed E-state index contributed by atoms with van der Waals surface area (Å²) in [6.45, 7) is 1.17. The molecule has 0 radical (unpaired) electrons. The van der Waals surface area contributed by atoms with Crippen molar-refractivity contribution in [3.63, 3.8) is 0 Å². The Bertz CT molecular complexity index is 440. The number of hydrogen-bond donors (Lipinski definition) is 1. The molecule has 0 aromatic carbocycles. The lowest BCUT2D eigenvalue weighted by atomic mass is 10.2. The first-order valence-electron chi connectivity index (χ1n) is 5.63. The Hall–Kier alpha value is -0.720. The summed E-state index contributed by atoms with van der Waals surface area (Å²) in [5, 5.41) is 0.0187. The van der Waals surface area contributed by atoms with Gasteiger partial charge in [0.2, 0.25) is 0 Å². The van der Waals surface area contributed by atoms with E-state index in [2.05, 4.69) is 4.98 Å². The lowest BCUT2D eigenvalue weighted by molar-refractivity contribution is -0.137. The number of halogens is 5. The zero-order chi connectivity index (χ0) is 13.3. The Labute approximate surface area is 120 Å². The first-order chi connectivity index (χ1) is 8.43. The van der Waals surface area contributed by atoms with Crippen molar-refractivity contribution < 1.29 is 13.2 Å². The smallest absolute Gasteiger partial charge is 0.351 e. The molecule has 3 nitrogen and oxygen atoms in total. The maximum Gasteiger partial charge on any atom is 0.417 e. The first-order valence-corrected chi connectivity index (χ1v) is 6.00. The molecular formula is C11H14Cl2F3N3. The molecule has 0 aliphatic carbocycles. The molecule has 0 amide bonds. The average Bonchev–Trinajstić information content (AvgIpc) is 2.75. The number of nitrogens with two attached hydrogens (primary N) is 1. The average molecular weight is 316 g/mol. The van der Waals surface area contributed by atoms with Gasteiger partial charge in [-0.3, -0.25) is 0 Å². The SMILES string of the molecule is Cl.NCC1CCCN1c1ncc(C(F)(F)F)cc1Cl. The third-order valence-electron chi connectivity index (χ3n) is 3.07. The van der Waals surface area contributed by atoms with Crippen molar-refractivity contribution in [2.24, 2.45) is 5.73 Å². The van der Waals surface area contributed by atoms with Crippen LogP contribution < -0.4 is 10.6 Å². The van der Waals surface area contributed by atoms with Gasteiger partial charge >= 0.3 is 6.18 Å². The largest absolute Gasteiger partial charge is 0.417 e. The van der Waals surface area contributed by atoms with Crippen LogP contribution in [0.1, 0.15) is 18.4 Å². The molecule has 1 aliphatic rings. The van der Waals surface area contributed by atoms with Crippen LogP contribution in [0.15, 0.2) is 12.3 Å². The van der Waals surface area contributed by atoms with Gasteiger partial charge < -0.3 is 10.6 Å². The van der Waals surface area contributed by atoms with Gasteiger partial charge in [-0.1, -0.05) is 11.6 Å². The second kappa shape index (κ2) is 6.15. The van der Waals surface area contributed by atoms with Crippen molar-refractivity contribution in [3.05, 3.63) is 22.8 Å². The Kier molecular flexibility index (Phi) is 5.29. The standard InChI is InChI=1S/C11H13ClF3N3.ClH/c12-9-4-7(11(13,14)15)6-17-10(9)18-3-1-2-8(18)5-16;/h4,6,8H,1-3,5,16H2;1H. The van der Waals surface area contributed by atoms with Crippen LogP contribution in [0, 0.1) is 0 Å². The third kappa shape index (κ3) is 3.43. The molecule has 1 aliphatic heterocycles. The van der Waals surface area contributed by atoms with Gasteiger partial charge in [-0.05, 0) is 18.9 Å². The van der Waals surface area contributed by atoms with E-state index in [0.29, 0.717) is 12.4 Å². The van der Waals surface area contributed by atoms with E-state index in [1.807, 2.05) is 4.90 Å². The second-order valence-corrected chi connectivity index (χ2v) is 4.66. The molecule has 1 aromatic heterocycles. The molecule has 0 spiro atoms. The first kappa shape index (κ1) is 16.3. The molecule has 0 bridgehead atoms. The number of nitrogens with zero attached hydrogens (tertiary/aromatic N) is 2. The van der Waals surface area contributed by atoms with Crippen LogP contribution in [0.25, 0.3) is 0 Å². The zero-order valence-electron chi connectivity index (χ0n) is 9.95. The molecule has 1 unspecified atom stereocenters. The molecule has 2 N–H and O–H groups in total.